The zero-order valence-corrected chi connectivity index (χ0v) is 13.6. The number of rotatable bonds is 4. The fourth-order valence-corrected chi connectivity index (χ4v) is 2.74. The van der Waals surface area contributed by atoms with Crippen molar-refractivity contribution in [2.75, 3.05) is 18.5 Å². The average molecular weight is 362 g/mol. The van der Waals surface area contributed by atoms with Crippen LogP contribution >= 0.6 is 15.9 Å². The van der Waals surface area contributed by atoms with Crippen molar-refractivity contribution in [2.45, 2.75) is 12.8 Å². The number of carbonyl (C=O) groups is 1. The number of aryl methyl sites for hydroxylation is 1. The van der Waals surface area contributed by atoms with E-state index in [0.29, 0.717) is 31.8 Å². The van der Waals surface area contributed by atoms with Gasteiger partial charge < -0.3 is 14.8 Å². The maximum Gasteiger partial charge on any atom is 0.224 e. The van der Waals surface area contributed by atoms with Crippen LogP contribution in [0.15, 0.2) is 46.9 Å². The number of amides is 1. The molecule has 4 nitrogen and oxygen atoms in total. The molecule has 1 N–H and O–H groups in total. The van der Waals surface area contributed by atoms with Crippen LogP contribution in [0.4, 0.5) is 5.69 Å². The highest BCUT2D eigenvalue weighted by atomic mass is 79.9. The fraction of sp³-hybridized carbons (Fsp3) is 0.235. The first-order valence-corrected chi connectivity index (χ1v) is 7.94. The molecule has 0 saturated heterocycles. The van der Waals surface area contributed by atoms with E-state index in [2.05, 4.69) is 21.2 Å². The number of ether oxygens (including phenoxy) is 2. The summed E-state index contributed by atoms with van der Waals surface area (Å²) >= 11 is 3.43. The largest absolute Gasteiger partial charge is 0.486 e. The third-order valence-corrected chi connectivity index (χ3v) is 3.85. The van der Waals surface area contributed by atoms with Gasteiger partial charge in [-0.25, -0.2) is 0 Å². The second kappa shape index (κ2) is 6.83. The maximum absolute atomic E-state index is 12.0. The topological polar surface area (TPSA) is 47.6 Å². The second-order valence-electron chi connectivity index (χ2n) is 5.04. The maximum atomic E-state index is 12.0. The molecular weight excluding hydrogens is 346 g/mol. The highest BCUT2D eigenvalue weighted by molar-refractivity contribution is 9.10. The molecule has 1 heterocycles. The lowest BCUT2D eigenvalue weighted by Gasteiger charge is -2.19. The average Bonchev–Trinajstić information content (AvgIpc) is 2.53. The fourth-order valence-electron chi connectivity index (χ4n) is 2.29. The molecule has 0 aromatic heterocycles. The third kappa shape index (κ3) is 3.80. The van der Waals surface area contributed by atoms with Gasteiger partial charge in [0.1, 0.15) is 13.2 Å². The smallest absolute Gasteiger partial charge is 0.224 e. The van der Waals surface area contributed by atoms with Gasteiger partial charge in [-0.3, -0.25) is 4.79 Å². The molecule has 0 spiro atoms. The van der Waals surface area contributed by atoms with Gasteiger partial charge in [0.15, 0.2) is 11.5 Å². The van der Waals surface area contributed by atoms with Crippen LogP contribution in [0.1, 0.15) is 12.0 Å². The highest BCUT2D eigenvalue weighted by Gasteiger charge is 2.12. The number of benzene rings is 2. The highest BCUT2D eigenvalue weighted by Crippen LogP contribution is 2.32. The van der Waals surface area contributed by atoms with Gasteiger partial charge in [0, 0.05) is 22.6 Å². The molecule has 0 unspecified atom stereocenters. The van der Waals surface area contributed by atoms with Crippen molar-refractivity contribution in [3.8, 4) is 11.5 Å². The first-order valence-electron chi connectivity index (χ1n) is 7.15. The van der Waals surface area contributed by atoms with Crippen LogP contribution in [-0.4, -0.2) is 19.1 Å². The molecule has 0 saturated carbocycles. The lowest BCUT2D eigenvalue weighted by molar-refractivity contribution is -0.116. The zero-order valence-electron chi connectivity index (χ0n) is 12.0. The summed E-state index contributed by atoms with van der Waals surface area (Å²) < 4.78 is 12.0. The molecule has 1 amide bonds. The molecule has 1 aliphatic rings. The number of fused-ring (bicyclic) bond motifs is 1. The zero-order chi connectivity index (χ0) is 15.4. The van der Waals surface area contributed by atoms with Gasteiger partial charge >= 0.3 is 0 Å². The molecule has 114 valence electrons. The minimum absolute atomic E-state index is 0.0170. The molecule has 22 heavy (non-hydrogen) atoms. The molecule has 0 aliphatic carbocycles. The lowest BCUT2D eigenvalue weighted by Crippen LogP contribution is -2.16. The predicted molar refractivity (Wildman–Crippen MR) is 88.5 cm³/mol. The van der Waals surface area contributed by atoms with E-state index in [0.717, 1.165) is 21.5 Å². The monoisotopic (exact) mass is 361 g/mol. The van der Waals surface area contributed by atoms with Crippen LogP contribution in [-0.2, 0) is 11.2 Å². The second-order valence-corrected chi connectivity index (χ2v) is 5.95. The van der Waals surface area contributed by atoms with Gasteiger partial charge in [0.05, 0.1) is 0 Å². The quantitative estimate of drug-likeness (QED) is 0.900. The summed E-state index contributed by atoms with van der Waals surface area (Å²) in [6, 6.07) is 13.4. The van der Waals surface area contributed by atoms with Crippen molar-refractivity contribution in [3.05, 3.63) is 52.5 Å². The van der Waals surface area contributed by atoms with E-state index in [1.54, 1.807) is 6.07 Å². The molecule has 3 rings (SSSR count). The molecule has 2 aromatic rings. The minimum Gasteiger partial charge on any atom is -0.486 e. The molecular formula is C17H16BrNO3. The van der Waals surface area contributed by atoms with Crippen LogP contribution < -0.4 is 14.8 Å². The summed E-state index contributed by atoms with van der Waals surface area (Å²) in [6.07, 6.45) is 1.14. The van der Waals surface area contributed by atoms with E-state index >= 15 is 0 Å². The number of carbonyl (C=O) groups excluding carboxylic acids is 1. The third-order valence-electron chi connectivity index (χ3n) is 3.36. The van der Waals surface area contributed by atoms with Crippen molar-refractivity contribution in [3.63, 3.8) is 0 Å². The SMILES string of the molecule is O=C(CCc1cccc(Br)c1)Nc1ccc2c(c1)OCCO2. The molecule has 2 aromatic carbocycles. The number of halogens is 1. The van der Waals surface area contributed by atoms with Crippen molar-refractivity contribution < 1.29 is 14.3 Å². The summed E-state index contributed by atoms with van der Waals surface area (Å²) in [7, 11) is 0. The van der Waals surface area contributed by atoms with Gasteiger partial charge in [0.2, 0.25) is 5.91 Å². The summed E-state index contributed by atoms with van der Waals surface area (Å²) in [4.78, 5) is 12.0. The van der Waals surface area contributed by atoms with Crippen LogP contribution in [0.2, 0.25) is 0 Å². The Morgan fingerprint density at radius 2 is 1.91 bits per heavy atom. The Balaban J connectivity index is 1.57. The normalized spacial score (nSPS) is 12.8. The van der Waals surface area contributed by atoms with E-state index in [4.69, 9.17) is 9.47 Å². The van der Waals surface area contributed by atoms with E-state index in [9.17, 15) is 4.79 Å². The first kappa shape index (κ1) is 14.9. The first-order chi connectivity index (χ1) is 10.7. The summed E-state index contributed by atoms with van der Waals surface area (Å²) in [5, 5.41) is 2.89. The Morgan fingerprint density at radius 3 is 2.73 bits per heavy atom. The molecule has 0 atom stereocenters. The predicted octanol–water partition coefficient (Wildman–Crippen LogP) is 3.79. The lowest BCUT2D eigenvalue weighted by atomic mass is 10.1. The van der Waals surface area contributed by atoms with Crippen molar-refractivity contribution in [1.82, 2.24) is 0 Å². The Kier molecular flexibility index (Phi) is 4.63. The Bertz CT molecular complexity index is 687. The van der Waals surface area contributed by atoms with E-state index in [1.807, 2.05) is 36.4 Å². The van der Waals surface area contributed by atoms with E-state index in [1.165, 1.54) is 0 Å². The van der Waals surface area contributed by atoms with E-state index < -0.39 is 0 Å². The number of hydrogen-bond donors (Lipinski definition) is 1. The summed E-state index contributed by atoms with van der Waals surface area (Å²) in [5.74, 6) is 1.38. The molecule has 1 aliphatic heterocycles. The van der Waals surface area contributed by atoms with Gasteiger partial charge in [-0.15, -0.1) is 0 Å². The van der Waals surface area contributed by atoms with E-state index in [-0.39, 0.29) is 5.91 Å². The Labute approximate surface area is 137 Å². The van der Waals surface area contributed by atoms with Crippen molar-refractivity contribution in [1.29, 1.82) is 0 Å². The Hall–Kier alpha value is -2.01. The van der Waals surface area contributed by atoms with Crippen molar-refractivity contribution >= 4 is 27.5 Å². The number of hydrogen-bond acceptors (Lipinski definition) is 3. The molecule has 0 radical (unpaired) electrons. The molecule has 5 heteroatoms. The van der Waals surface area contributed by atoms with Crippen LogP contribution in [0, 0.1) is 0 Å². The molecule has 0 bridgehead atoms. The Morgan fingerprint density at radius 1 is 1.09 bits per heavy atom. The molecule has 0 fully saturated rings. The van der Waals surface area contributed by atoms with Crippen LogP contribution in [0.5, 0.6) is 11.5 Å². The van der Waals surface area contributed by atoms with Crippen LogP contribution in [0.3, 0.4) is 0 Å². The summed E-state index contributed by atoms with van der Waals surface area (Å²) in [5.41, 5.74) is 1.86. The number of anilines is 1. The van der Waals surface area contributed by atoms with Gasteiger partial charge in [-0.1, -0.05) is 28.1 Å². The van der Waals surface area contributed by atoms with Gasteiger partial charge in [-0.05, 0) is 36.2 Å². The number of nitrogens with one attached hydrogen (secondary N) is 1. The summed E-state index contributed by atoms with van der Waals surface area (Å²) in [6.45, 7) is 1.10. The minimum atomic E-state index is -0.0170. The standard InChI is InChI=1S/C17H16BrNO3/c18-13-3-1-2-12(10-13)4-7-17(20)19-14-5-6-15-16(11-14)22-9-8-21-15/h1-3,5-6,10-11H,4,7-9H2,(H,19,20). The van der Waals surface area contributed by atoms with Gasteiger partial charge in [-0.2, -0.15) is 0 Å². The van der Waals surface area contributed by atoms with Gasteiger partial charge in [0.25, 0.3) is 0 Å². The van der Waals surface area contributed by atoms with Crippen LogP contribution in [0.25, 0.3) is 0 Å². The van der Waals surface area contributed by atoms with Crippen molar-refractivity contribution in [2.24, 2.45) is 0 Å².